The Balaban J connectivity index is 1.30. The van der Waals surface area contributed by atoms with Crippen LogP contribution in [0.4, 0.5) is 4.39 Å². The van der Waals surface area contributed by atoms with Crippen LogP contribution in [0.5, 0.6) is 11.5 Å². The van der Waals surface area contributed by atoms with Crippen LogP contribution in [0.25, 0.3) is 0 Å². The van der Waals surface area contributed by atoms with E-state index in [9.17, 15) is 19.5 Å². The van der Waals surface area contributed by atoms with Crippen molar-refractivity contribution in [2.75, 3.05) is 13.2 Å². The van der Waals surface area contributed by atoms with Gasteiger partial charge in [-0.15, -0.1) is 0 Å². The molecule has 1 aromatic carbocycles. The van der Waals surface area contributed by atoms with Gasteiger partial charge < -0.3 is 25.2 Å². The van der Waals surface area contributed by atoms with E-state index in [2.05, 4.69) is 17.6 Å². The SMILES string of the molecule is CCOc1cc(F)c(OC2CCC(C)(C(=O)O)CC2)cc1C(=O)N[C@@H]1[C@H]2CC[C@H](C2)[C@@H]1C(=O)NCC1(C)CCC1. The number of ether oxygens (including phenoxy) is 2. The number of hydrogen-bond acceptors (Lipinski definition) is 5. The van der Waals surface area contributed by atoms with Gasteiger partial charge in [-0.25, -0.2) is 4.39 Å². The van der Waals surface area contributed by atoms with E-state index in [0.29, 0.717) is 32.2 Å². The quantitative estimate of drug-likeness (QED) is 0.369. The van der Waals surface area contributed by atoms with Crippen molar-refractivity contribution in [2.24, 2.45) is 28.6 Å². The van der Waals surface area contributed by atoms with Crippen molar-refractivity contribution in [3.05, 3.63) is 23.5 Å². The molecule has 4 aliphatic carbocycles. The molecule has 0 aromatic heterocycles. The molecule has 0 radical (unpaired) electrons. The van der Waals surface area contributed by atoms with Crippen LogP contribution in [0.3, 0.4) is 0 Å². The maximum absolute atomic E-state index is 15.1. The minimum atomic E-state index is -0.831. The normalized spacial score (nSPS) is 32.1. The molecule has 40 heavy (non-hydrogen) atoms. The second-order valence-corrected chi connectivity index (χ2v) is 13.1. The molecule has 0 heterocycles. The van der Waals surface area contributed by atoms with Gasteiger partial charge in [-0.05, 0) is 95.0 Å². The highest BCUT2D eigenvalue weighted by Gasteiger charge is 2.52. The van der Waals surface area contributed by atoms with Gasteiger partial charge >= 0.3 is 5.97 Å². The Labute approximate surface area is 235 Å². The number of carboxylic acid groups (broad SMARTS) is 1. The molecule has 8 nitrogen and oxygen atoms in total. The number of hydrogen-bond donors (Lipinski definition) is 3. The van der Waals surface area contributed by atoms with Gasteiger partial charge in [-0.3, -0.25) is 14.4 Å². The summed E-state index contributed by atoms with van der Waals surface area (Å²) >= 11 is 0. The molecular weight excluding hydrogens is 515 g/mol. The fourth-order valence-electron chi connectivity index (χ4n) is 7.30. The van der Waals surface area contributed by atoms with Crippen LogP contribution in [0.2, 0.25) is 0 Å². The summed E-state index contributed by atoms with van der Waals surface area (Å²) in [5.74, 6) is -1.55. The number of nitrogens with one attached hydrogen (secondary N) is 2. The summed E-state index contributed by atoms with van der Waals surface area (Å²) in [7, 11) is 0. The Kier molecular flexibility index (Phi) is 8.03. The summed E-state index contributed by atoms with van der Waals surface area (Å²) in [6.45, 7) is 6.62. The van der Waals surface area contributed by atoms with Gasteiger partial charge in [0.2, 0.25) is 5.91 Å². The number of carbonyl (C=O) groups is 3. The third-order valence-corrected chi connectivity index (χ3v) is 10.2. The first kappa shape index (κ1) is 28.7. The van der Waals surface area contributed by atoms with Crippen LogP contribution >= 0.6 is 0 Å². The summed E-state index contributed by atoms with van der Waals surface area (Å²) in [6.07, 6.45) is 7.84. The second-order valence-electron chi connectivity index (χ2n) is 13.1. The highest BCUT2D eigenvalue weighted by Crippen LogP contribution is 2.49. The monoisotopic (exact) mass is 558 g/mol. The van der Waals surface area contributed by atoms with Crippen molar-refractivity contribution < 1.29 is 33.4 Å². The van der Waals surface area contributed by atoms with E-state index in [1.165, 1.54) is 18.6 Å². The first-order valence-electron chi connectivity index (χ1n) is 15.0. The molecule has 4 aliphatic rings. The Morgan fingerprint density at radius 3 is 2.35 bits per heavy atom. The van der Waals surface area contributed by atoms with Crippen LogP contribution in [-0.2, 0) is 9.59 Å². The number of rotatable bonds is 10. The fraction of sp³-hybridized carbons (Fsp3) is 0.710. The van der Waals surface area contributed by atoms with E-state index >= 15 is 4.39 Å². The molecule has 0 unspecified atom stereocenters. The average molecular weight is 559 g/mol. The van der Waals surface area contributed by atoms with Gasteiger partial charge in [0.05, 0.1) is 29.6 Å². The maximum Gasteiger partial charge on any atom is 0.309 e. The zero-order valence-corrected chi connectivity index (χ0v) is 23.9. The third-order valence-electron chi connectivity index (χ3n) is 10.2. The zero-order valence-electron chi connectivity index (χ0n) is 23.9. The fourth-order valence-corrected chi connectivity index (χ4v) is 7.30. The Hall–Kier alpha value is -2.84. The van der Waals surface area contributed by atoms with Crippen LogP contribution < -0.4 is 20.1 Å². The standard InChI is InChI=1S/C31H43FN2O6/c1-4-39-23-16-22(32)24(40-20-8-12-31(3,13-9-20)29(37)38)15-21(23)27(35)34-26-19-7-6-18(14-19)25(26)28(36)33-17-30(2)10-5-11-30/h15-16,18-20,25-26H,4-14,17H2,1-3H3,(H,33,36)(H,34,35)(H,37,38)/t18-,19+,20?,25+,26-,31?/m1/s1. The highest BCUT2D eigenvalue weighted by atomic mass is 19.1. The lowest BCUT2D eigenvalue weighted by Crippen LogP contribution is -2.51. The van der Waals surface area contributed by atoms with E-state index in [-0.39, 0.29) is 64.9 Å². The van der Waals surface area contributed by atoms with Gasteiger partial charge in [0.25, 0.3) is 5.91 Å². The zero-order chi connectivity index (χ0) is 28.7. The molecule has 5 rings (SSSR count). The van der Waals surface area contributed by atoms with Gasteiger partial charge in [0, 0.05) is 18.7 Å². The van der Waals surface area contributed by atoms with E-state index in [1.807, 2.05) is 0 Å². The first-order valence-corrected chi connectivity index (χ1v) is 15.0. The lowest BCUT2D eigenvalue weighted by molar-refractivity contribution is -0.150. The lowest BCUT2D eigenvalue weighted by atomic mass is 9.70. The largest absolute Gasteiger partial charge is 0.493 e. The summed E-state index contributed by atoms with van der Waals surface area (Å²) in [5, 5.41) is 15.8. The van der Waals surface area contributed by atoms with Crippen molar-refractivity contribution in [1.82, 2.24) is 10.6 Å². The number of aliphatic carboxylic acids is 1. The molecule has 4 saturated carbocycles. The molecule has 4 atom stereocenters. The third kappa shape index (κ3) is 5.66. The molecule has 0 spiro atoms. The maximum atomic E-state index is 15.1. The summed E-state index contributed by atoms with van der Waals surface area (Å²) in [6, 6.07) is 2.29. The van der Waals surface area contributed by atoms with Crippen LogP contribution in [-0.4, -0.2) is 48.2 Å². The number of carboxylic acids is 1. The predicted octanol–water partition coefficient (Wildman–Crippen LogP) is 5.09. The molecule has 9 heteroatoms. The molecular formula is C31H43FN2O6. The lowest BCUT2D eigenvalue weighted by Gasteiger charge is -2.39. The van der Waals surface area contributed by atoms with E-state index < -0.39 is 23.1 Å². The van der Waals surface area contributed by atoms with Crippen LogP contribution in [0.1, 0.15) is 95.3 Å². The van der Waals surface area contributed by atoms with Gasteiger partial charge in [0.15, 0.2) is 11.6 Å². The number of halogens is 1. The second kappa shape index (κ2) is 11.2. The molecule has 220 valence electrons. The molecule has 0 saturated heterocycles. The minimum Gasteiger partial charge on any atom is -0.493 e. The smallest absolute Gasteiger partial charge is 0.309 e. The predicted molar refractivity (Wildman–Crippen MR) is 147 cm³/mol. The van der Waals surface area contributed by atoms with Crippen LogP contribution in [0, 0.1) is 34.4 Å². The number of fused-ring (bicyclic) bond motifs is 2. The summed E-state index contributed by atoms with van der Waals surface area (Å²) in [4.78, 5) is 38.6. The topological polar surface area (TPSA) is 114 Å². The van der Waals surface area contributed by atoms with Gasteiger partial charge in [-0.2, -0.15) is 0 Å². The molecule has 2 amide bonds. The van der Waals surface area contributed by atoms with E-state index in [4.69, 9.17) is 9.47 Å². The highest BCUT2D eigenvalue weighted by molar-refractivity contribution is 5.98. The first-order chi connectivity index (χ1) is 19.0. The summed E-state index contributed by atoms with van der Waals surface area (Å²) in [5.41, 5.74) is -0.456. The average Bonchev–Trinajstić information content (AvgIpc) is 3.51. The Bertz CT molecular complexity index is 1140. The molecule has 4 fully saturated rings. The van der Waals surface area contributed by atoms with E-state index in [1.54, 1.807) is 13.8 Å². The Morgan fingerprint density at radius 2 is 1.73 bits per heavy atom. The molecule has 0 aliphatic heterocycles. The number of carbonyl (C=O) groups excluding carboxylic acids is 2. The molecule has 1 aromatic rings. The Morgan fingerprint density at radius 1 is 1.02 bits per heavy atom. The van der Waals surface area contributed by atoms with Crippen LogP contribution in [0.15, 0.2) is 12.1 Å². The number of benzene rings is 1. The summed E-state index contributed by atoms with van der Waals surface area (Å²) < 4.78 is 26.7. The van der Waals surface area contributed by atoms with Crippen molar-refractivity contribution in [2.45, 2.75) is 97.1 Å². The van der Waals surface area contributed by atoms with E-state index in [0.717, 1.165) is 32.1 Å². The molecule has 2 bridgehead atoms. The minimum absolute atomic E-state index is 0.0180. The number of amides is 2. The van der Waals surface area contributed by atoms with Crippen molar-refractivity contribution in [1.29, 1.82) is 0 Å². The van der Waals surface area contributed by atoms with Crippen molar-refractivity contribution >= 4 is 17.8 Å². The van der Waals surface area contributed by atoms with Crippen molar-refractivity contribution in [3.63, 3.8) is 0 Å². The van der Waals surface area contributed by atoms with Gasteiger partial charge in [0.1, 0.15) is 5.75 Å². The molecule has 3 N–H and O–H groups in total. The van der Waals surface area contributed by atoms with Crippen molar-refractivity contribution in [3.8, 4) is 11.5 Å². The van der Waals surface area contributed by atoms with Gasteiger partial charge in [-0.1, -0.05) is 13.3 Å².